The molecule has 0 spiro atoms. The third-order valence-corrected chi connectivity index (χ3v) is 5.21. The van der Waals surface area contributed by atoms with Crippen molar-refractivity contribution < 1.29 is 4.74 Å². The van der Waals surface area contributed by atoms with Crippen molar-refractivity contribution in [2.75, 3.05) is 19.7 Å². The highest BCUT2D eigenvalue weighted by atomic mass is 32.1. The molecule has 2 heterocycles. The lowest BCUT2D eigenvalue weighted by Crippen LogP contribution is -2.47. The van der Waals surface area contributed by atoms with Crippen LogP contribution < -0.4 is 5.32 Å². The van der Waals surface area contributed by atoms with Gasteiger partial charge in [0.25, 0.3) is 0 Å². The Labute approximate surface area is 115 Å². The summed E-state index contributed by atoms with van der Waals surface area (Å²) in [5.74, 6) is 1.82. The van der Waals surface area contributed by atoms with Crippen LogP contribution in [0, 0.1) is 11.3 Å². The van der Waals surface area contributed by atoms with Crippen LogP contribution in [0.2, 0.25) is 0 Å². The van der Waals surface area contributed by atoms with Crippen LogP contribution in [0.1, 0.15) is 44.9 Å². The summed E-state index contributed by atoms with van der Waals surface area (Å²) < 4.78 is 5.91. The second kappa shape index (κ2) is 5.41. The molecule has 1 atom stereocenters. The average molecular weight is 268 g/mol. The maximum atomic E-state index is 5.91. The average Bonchev–Trinajstić information content (AvgIpc) is 2.88. The normalized spacial score (nSPS) is 32.9. The standard InChI is InChI=1S/C14H24N2OS/c18-12-10-17-13(16-12)14(6-8-15-9-7-14)11-4-2-1-3-5-11/h11-12,15,18H,1-10H2. The van der Waals surface area contributed by atoms with E-state index >= 15 is 0 Å². The fraction of sp³-hybridized carbons (Fsp3) is 0.929. The maximum absolute atomic E-state index is 5.91. The summed E-state index contributed by atoms with van der Waals surface area (Å²) in [5.41, 5.74) is 0.225. The number of nitrogens with one attached hydrogen (secondary N) is 1. The van der Waals surface area contributed by atoms with Crippen molar-refractivity contribution in [1.82, 2.24) is 5.32 Å². The topological polar surface area (TPSA) is 33.6 Å². The fourth-order valence-electron chi connectivity index (χ4n) is 3.96. The Morgan fingerprint density at radius 2 is 1.89 bits per heavy atom. The highest BCUT2D eigenvalue weighted by Gasteiger charge is 2.47. The van der Waals surface area contributed by atoms with Gasteiger partial charge in [-0.05, 0) is 44.7 Å². The van der Waals surface area contributed by atoms with Gasteiger partial charge in [0, 0.05) is 0 Å². The Bertz CT molecular complexity index is 320. The Kier molecular flexibility index (Phi) is 3.85. The molecule has 0 aromatic carbocycles. The SMILES string of the molecule is SC1COC(C2(C3CCCCC3)CCNCC2)=N1. The molecule has 102 valence electrons. The zero-order chi connectivity index (χ0) is 12.4. The van der Waals surface area contributed by atoms with Crippen LogP contribution in [-0.2, 0) is 4.74 Å². The van der Waals surface area contributed by atoms with Gasteiger partial charge in [-0.25, -0.2) is 4.99 Å². The Balaban J connectivity index is 1.85. The van der Waals surface area contributed by atoms with Crippen LogP contribution in [0.25, 0.3) is 0 Å². The molecule has 1 aliphatic carbocycles. The Hall–Kier alpha value is -0.220. The second-order valence-electron chi connectivity index (χ2n) is 5.97. The van der Waals surface area contributed by atoms with Gasteiger partial charge in [0.15, 0.2) is 5.90 Å². The first-order valence-corrected chi connectivity index (χ1v) is 7.93. The minimum Gasteiger partial charge on any atom is -0.477 e. The van der Waals surface area contributed by atoms with Gasteiger partial charge in [0.05, 0.1) is 5.41 Å². The van der Waals surface area contributed by atoms with Gasteiger partial charge in [0.1, 0.15) is 12.0 Å². The van der Waals surface area contributed by atoms with Gasteiger partial charge in [-0.1, -0.05) is 19.3 Å². The summed E-state index contributed by atoms with van der Waals surface area (Å²) in [5, 5.41) is 3.55. The molecule has 3 rings (SSSR count). The van der Waals surface area contributed by atoms with E-state index in [9.17, 15) is 0 Å². The van der Waals surface area contributed by atoms with Crippen LogP contribution in [0.15, 0.2) is 4.99 Å². The highest BCUT2D eigenvalue weighted by Crippen LogP contribution is 2.47. The van der Waals surface area contributed by atoms with E-state index in [1.807, 2.05) is 0 Å². The molecule has 4 heteroatoms. The monoisotopic (exact) mass is 268 g/mol. The third kappa shape index (κ3) is 2.29. The summed E-state index contributed by atoms with van der Waals surface area (Å²) in [4.78, 5) is 4.69. The molecule has 3 aliphatic rings. The number of nitrogens with zero attached hydrogens (tertiary/aromatic N) is 1. The molecule has 0 bridgehead atoms. The Morgan fingerprint density at radius 1 is 1.17 bits per heavy atom. The number of rotatable bonds is 2. The number of ether oxygens (including phenoxy) is 1. The van der Waals surface area contributed by atoms with Gasteiger partial charge in [-0.2, -0.15) is 0 Å². The molecule has 18 heavy (non-hydrogen) atoms. The maximum Gasteiger partial charge on any atom is 0.191 e. The molecule has 0 radical (unpaired) electrons. The van der Waals surface area contributed by atoms with Crippen LogP contribution in [0.5, 0.6) is 0 Å². The quantitative estimate of drug-likeness (QED) is 0.755. The van der Waals surface area contributed by atoms with Crippen LogP contribution >= 0.6 is 12.6 Å². The predicted octanol–water partition coefficient (Wildman–Crippen LogP) is 2.62. The number of hydrogen-bond donors (Lipinski definition) is 2. The summed E-state index contributed by atoms with van der Waals surface area (Å²) >= 11 is 4.44. The fourth-order valence-corrected chi connectivity index (χ4v) is 4.14. The number of piperidine rings is 1. The molecule has 2 aliphatic heterocycles. The minimum atomic E-state index is 0.0651. The Morgan fingerprint density at radius 3 is 2.50 bits per heavy atom. The zero-order valence-electron chi connectivity index (χ0n) is 11.0. The molecular formula is C14H24N2OS. The van der Waals surface area contributed by atoms with Crippen molar-refractivity contribution in [2.45, 2.75) is 50.3 Å². The zero-order valence-corrected chi connectivity index (χ0v) is 11.9. The largest absolute Gasteiger partial charge is 0.477 e. The lowest BCUT2D eigenvalue weighted by atomic mass is 9.64. The van der Waals surface area contributed by atoms with Crippen molar-refractivity contribution in [1.29, 1.82) is 0 Å². The third-order valence-electron chi connectivity index (χ3n) is 4.94. The van der Waals surface area contributed by atoms with E-state index in [0.717, 1.165) is 24.9 Å². The molecule has 1 saturated carbocycles. The second-order valence-corrected chi connectivity index (χ2v) is 6.56. The first-order chi connectivity index (χ1) is 8.81. The van der Waals surface area contributed by atoms with E-state index in [2.05, 4.69) is 17.9 Å². The minimum absolute atomic E-state index is 0.0651. The van der Waals surface area contributed by atoms with Crippen molar-refractivity contribution >= 4 is 18.5 Å². The van der Waals surface area contributed by atoms with Gasteiger partial charge in [-0.3, -0.25) is 0 Å². The molecule has 2 fully saturated rings. The molecule has 0 aromatic heterocycles. The van der Waals surface area contributed by atoms with E-state index in [1.165, 1.54) is 44.9 Å². The molecule has 3 nitrogen and oxygen atoms in total. The van der Waals surface area contributed by atoms with Crippen LogP contribution in [-0.4, -0.2) is 31.0 Å². The first-order valence-electron chi connectivity index (χ1n) is 7.41. The van der Waals surface area contributed by atoms with Crippen molar-refractivity contribution in [3.63, 3.8) is 0 Å². The molecule has 1 N–H and O–H groups in total. The summed E-state index contributed by atoms with van der Waals surface area (Å²) in [6.07, 6.45) is 9.29. The molecular weight excluding hydrogens is 244 g/mol. The number of thiol groups is 1. The van der Waals surface area contributed by atoms with Gasteiger partial charge in [0.2, 0.25) is 0 Å². The van der Waals surface area contributed by atoms with E-state index < -0.39 is 0 Å². The molecule has 1 unspecified atom stereocenters. The number of hydrogen-bond acceptors (Lipinski definition) is 4. The lowest BCUT2D eigenvalue weighted by molar-refractivity contribution is 0.116. The lowest BCUT2D eigenvalue weighted by Gasteiger charge is -2.44. The smallest absolute Gasteiger partial charge is 0.191 e. The summed E-state index contributed by atoms with van der Waals surface area (Å²) in [7, 11) is 0. The molecule has 0 aromatic rings. The predicted molar refractivity (Wildman–Crippen MR) is 77.3 cm³/mol. The summed E-state index contributed by atoms with van der Waals surface area (Å²) in [6, 6.07) is 0. The van der Waals surface area contributed by atoms with Crippen molar-refractivity contribution in [3.05, 3.63) is 0 Å². The van der Waals surface area contributed by atoms with Gasteiger partial charge >= 0.3 is 0 Å². The van der Waals surface area contributed by atoms with E-state index in [-0.39, 0.29) is 10.8 Å². The van der Waals surface area contributed by atoms with E-state index in [1.54, 1.807) is 0 Å². The molecule has 1 saturated heterocycles. The van der Waals surface area contributed by atoms with Crippen LogP contribution in [0.4, 0.5) is 0 Å². The van der Waals surface area contributed by atoms with Gasteiger partial charge < -0.3 is 10.1 Å². The first kappa shape index (κ1) is 12.8. The van der Waals surface area contributed by atoms with Crippen LogP contribution in [0.3, 0.4) is 0 Å². The van der Waals surface area contributed by atoms with E-state index in [4.69, 9.17) is 9.73 Å². The van der Waals surface area contributed by atoms with Crippen molar-refractivity contribution in [2.24, 2.45) is 16.3 Å². The molecule has 0 amide bonds. The number of aliphatic imine (C=N–C) groups is 1. The van der Waals surface area contributed by atoms with Crippen molar-refractivity contribution in [3.8, 4) is 0 Å². The highest BCUT2D eigenvalue weighted by molar-refractivity contribution is 7.81. The van der Waals surface area contributed by atoms with Gasteiger partial charge in [-0.15, -0.1) is 12.6 Å². The summed E-state index contributed by atoms with van der Waals surface area (Å²) in [6.45, 7) is 2.88. The van der Waals surface area contributed by atoms with E-state index in [0.29, 0.717) is 6.61 Å².